The Bertz CT molecular complexity index is 614. The molecule has 1 atom stereocenters. The number of nitrogens with one attached hydrogen (secondary N) is 2. The van der Waals surface area contributed by atoms with Crippen molar-refractivity contribution in [1.82, 2.24) is 0 Å². The standard InChI is InChI=1S/C19H24N2O2/c1-2-3-12-18(15-8-5-4-6-9-15)20-16-10-7-11-17(13-16)21-19(23)14-22/h4-11,13,18,20,22H,2-3,12,14H2,1H3,(H,21,23). The van der Waals surface area contributed by atoms with E-state index in [1.54, 1.807) is 0 Å². The zero-order valence-corrected chi connectivity index (χ0v) is 13.5. The highest BCUT2D eigenvalue weighted by Crippen LogP contribution is 2.26. The van der Waals surface area contributed by atoms with E-state index in [1.165, 1.54) is 5.56 Å². The van der Waals surface area contributed by atoms with Gasteiger partial charge < -0.3 is 15.7 Å². The lowest BCUT2D eigenvalue weighted by molar-refractivity contribution is -0.118. The Morgan fingerprint density at radius 3 is 2.52 bits per heavy atom. The number of carbonyl (C=O) groups excluding carboxylic acids is 1. The highest BCUT2D eigenvalue weighted by atomic mass is 16.3. The first kappa shape index (κ1) is 17.0. The molecular formula is C19H24N2O2. The summed E-state index contributed by atoms with van der Waals surface area (Å²) in [6.07, 6.45) is 3.35. The molecule has 0 aliphatic heterocycles. The number of aliphatic hydroxyl groups excluding tert-OH is 1. The fraction of sp³-hybridized carbons (Fsp3) is 0.316. The van der Waals surface area contributed by atoms with Gasteiger partial charge in [0.05, 0.1) is 6.04 Å². The first-order chi connectivity index (χ1) is 11.2. The van der Waals surface area contributed by atoms with Crippen LogP contribution < -0.4 is 10.6 Å². The summed E-state index contributed by atoms with van der Waals surface area (Å²) >= 11 is 0. The molecule has 4 heteroatoms. The number of unbranched alkanes of at least 4 members (excludes halogenated alkanes) is 1. The second kappa shape index (κ2) is 8.96. The second-order valence-corrected chi connectivity index (χ2v) is 5.54. The normalized spacial score (nSPS) is 11.7. The molecule has 4 nitrogen and oxygen atoms in total. The van der Waals surface area contributed by atoms with Crippen molar-refractivity contribution < 1.29 is 9.90 Å². The largest absolute Gasteiger partial charge is 0.387 e. The molecule has 3 N–H and O–H groups in total. The minimum absolute atomic E-state index is 0.236. The summed E-state index contributed by atoms with van der Waals surface area (Å²) in [7, 11) is 0. The van der Waals surface area contributed by atoms with E-state index in [4.69, 9.17) is 5.11 Å². The molecule has 1 unspecified atom stereocenters. The maximum absolute atomic E-state index is 11.3. The molecule has 2 rings (SSSR count). The molecule has 0 aromatic heterocycles. The Kier molecular flexibility index (Phi) is 6.63. The number of rotatable bonds is 8. The lowest BCUT2D eigenvalue weighted by Crippen LogP contribution is -2.16. The first-order valence-electron chi connectivity index (χ1n) is 8.05. The minimum atomic E-state index is -0.513. The Labute approximate surface area is 137 Å². The number of amides is 1. The van der Waals surface area contributed by atoms with Crippen molar-refractivity contribution in [3.05, 3.63) is 60.2 Å². The summed E-state index contributed by atoms with van der Waals surface area (Å²) in [5.41, 5.74) is 2.88. The van der Waals surface area contributed by atoms with Gasteiger partial charge >= 0.3 is 0 Å². The number of aliphatic hydroxyl groups is 1. The molecule has 0 bridgehead atoms. The average molecular weight is 312 g/mol. The number of hydrogen-bond donors (Lipinski definition) is 3. The van der Waals surface area contributed by atoms with Crippen LogP contribution in [0.2, 0.25) is 0 Å². The van der Waals surface area contributed by atoms with Crippen LogP contribution in [0, 0.1) is 0 Å². The van der Waals surface area contributed by atoms with E-state index < -0.39 is 12.5 Å². The van der Waals surface area contributed by atoms with Crippen molar-refractivity contribution in [3.63, 3.8) is 0 Å². The molecule has 0 spiro atoms. The van der Waals surface area contributed by atoms with E-state index in [-0.39, 0.29) is 6.04 Å². The average Bonchev–Trinajstić information content (AvgIpc) is 2.59. The summed E-state index contributed by atoms with van der Waals surface area (Å²) < 4.78 is 0. The molecule has 23 heavy (non-hydrogen) atoms. The molecule has 0 heterocycles. The van der Waals surface area contributed by atoms with E-state index in [1.807, 2.05) is 42.5 Å². The van der Waals surface area contributed by atoms with E-state index in [0.717, 1.165) is 24.9 Å². The van der Waals surface area contributed by atoms with Gasteiger partial charge in [-0.1, -0.05) is 56.2 Å². The van der Waals surface area contributed by atoms with Crippen LogP contribution in [0.4, 0.5) is 11.4 Å². The third-order valence-electron chi connectivity index (χ3n) is 3.68. The number of benzene rings is 2. The highest BCUT2D eigenvalue weighted by Gasteiger charge is 2.11. The maximum Gasteiger partial charge on any atom is 0.250 e. The molecule has 0 aliphatic carbocycles. The molecular weight excluding hydrogens is 288 g/mol. The lowest BCUT2D eigenvalue weighted by Gasteiger charge is -2.21. The molecule has 122 valence electrons. The number of anilines is 2. The zero-order chi connectivity index (χ0) is 16.5. The minimum Gasteiger partial charge on any atom is -0.387 e. The van der Waals surface area contributed by atoms with Gasteiger partial charge in [-0.25, -0.2) is 0 Å². The monoisotopic (exact) mass is 312 g/mol. The van der Waals surface area contributed by atoms with Crippen molar-refractivity contribution in [2.24, 2.45) is 0 Å². The van der Waals surface area contributed by atoms with Crippen LogP contribution in [0.3, 0.4) is 0 Å². The van der Waals surface area contributed by atoms with Crippen molar-refractivity contribution in [3.8, 4) is 0 Å². The van der Waals surface area contributed by atoms with Crippen LogP contribution in [0.5, 0.6) is 0 Å². The highest BCUT2D eigenvalue weighted by molar-refractivity contribution is 5.91. The first-order valence-corrected chi connectivity index (χ1v) is 8.05. The third-order valence-corrected chi connectivity index (χ3v) is 3.68. The number of carbonyl (C=O) groups is 1. The molecule has 0 aliphatic rings. The SMILES string of the molecule is CCCCC(Nc1cccc(NC(=O)CO)c1)c1ccccc1. The summed E-state index contributed by atoms with van der Waals surface area (Å²) in [6, 6.07) is 18.2. The molecule has 0 radical (unpaired) electrons. The van der Waals surface area contributed by atoms with Crippen LogP contribution in [0.1, 0.15) is 37.8 Å². The van der Waals surface area contributed by atoms with Crippen molar-refractivity contribution in [1.29, 1.82) is 0 Å². The Morgan fingerprint density at radius 1 is 1.09 bits per heavy atom. The predicted molar refractivity (Wildman–Crippen MR) is 94.5 cm³/mol. The maximum atomic E-state index is 11.3. The zero-order valence-electron chi connectivity index (χ0n) is 13.5. The van der Waals surface area contributed by atoms with Crippen molar-refractivity contribution >= 4 is 17.3 Å². The van der Waals surface area contributed by atoms with E-state index in [0.29, 0.717) is 5.69 Å². The third kappa shape index (κ3) is 5.42. The summed E-state index contributed by atoms with van der Waals surface area (Å²) in [5, 5.41) is 15.0. The molecule has 1 amide bonds. The van der Waals surface area contributed by atoms with Gasteiger partial charge in [-0.15, -0.1) is 0 Å². The Balaban J connectivity index is 2.12. The van der Waals surface area contributed by atoms with Crippen molar-refractivity contribution in [2.75, 3.05) is 17.2 Å². The van der Waals surface area contributed by atoms with Gasteiger partial charge in [0, 0.05) is 11.4 Å². The fourth-order valence-electron chi connectivity index (χ4n) is 2.50. The van der Waals surface area contributed by atoms with Crippen LogP contribution in [-0.4, -0.2) is 17.6 Å². The second-order valence-electron chi connectivity index (χ2n) is 5.54. The van der Waals surface area contributed by atoms with Gasteiger partial charge in [0.2, 0.25) is 5.91 Å². The molecule has 2 aromatic rings. The van der Waals surface area contributed by atoms with Crippen LogP contribution >= 0.6 is 0 Å². The predicted octanol–water partition coefficient (Wildman–Crippen LogP) is 3.96. The summed E-state index contributed by atoms with van der Waals surface area (Å²) in [6.45, 7) is 1.67. The van der Waals surface area contributed by atoms with Gasteiger partial charge in [0.25, 0.3) is 0 Å². The Morgan fingerprint density at radius 2 is 1.83 bits per heavy atom. The van der Waals surface area contributed by atoms with Crippen LogP contribution in [-0.2, 0) is 4.79 Å². The summed E-state index contributed by atoms with van der Waals surface area (Å²) in [4.78, 5) is 11.3. The van der Waals surface area contributed by atoms with Gasteiger partial charge in [-0.3, -0.25) is 4.79 Å². The molecule has 0 saturated heterocycles. The van der Waals surface area contributed by atoms with Gasteiger partial charge in [-0.05, 0) is 30.2 Å². The topological polar surface area (TPSA) is 61.4 Å². The van der Waals surface area contributed by atoms with Crippen LogP contribution in [0.25, 0.3) is 0 Å². The fourth-order valence-corrected chi connectivity index (χ4v) is 2.50. The van der Waals surface area contributed by atoms with Crippen LogP contribution in [0.15, 0.2) is 54.6 Å². The number of hydrogen-bond acceptors (Lipinski definition) is 3. The van der Waals surface area contributed by atoms with E-state index >= 15 is 0 Å². The smallest absolute Gasteiger partial charge is 0.250 e. The summed E-state index contributed by atoms with van der Waals surface area (Å²) in [5.74, 6) is -0.409. The van der Waals surface area contributed by atoms with Gasteiger partial charge in [0.15, 0.2) is 0 Å². The van der Waals surface area contributed by atoms with Gasteiger partial charge in [0.1, 0.15) is 6.61 Å². The van der Waals surface area contributed by atoms with Gasteiger partial charge in [-0.2, -0.15) is 0 Å². The molecule has 2 aromatic carbocycles. The molecule has 0 saturated carbocycles. The van der Waals surface area contributed by atoms with Crippen molar-refractivity contribution in [2.45, 2.75) is 32.2 Å². The Hall–Kier alpha value is -2.33. The van der Waals surface area contributed by atoms with E-state index in [9.17, 15) is 4.79 Å². The molecule has 0 fully saturated rings. The van der Waals surface area contributed by atoms with E-state index in [2.05, 4.69) is 29.7 Å². The lowest BCUT2D eigenvalue weighted by atomic mass is 10.0. The quantitative estimate of drug-likeness (QED) is 0.691.